The van der Waals surface area contributed by atoms with E-state index in [4.69, 9.17) is 0 Å². The fourth-order valence-electron chi connectivity index (χ4n) is 2.44. The number of hydrogen-bond acceptors (Lipinski definition) is 2. The minimum Gasteiger partial charge on any atom is -0.391 e. The predicted octanol–water partition coefficient (Wildman–Crippen LogP) is 2.78. The van der Waals surface area contributed by atoms with Crippen molar-refractivity contribution in [3.8, 4) is 0 Å². The van der Waals surface area contributed by atoms with Crippen molar-refractivity contribution in [2.45, 2.75) is 46.1 Å². The van der Waals surface area contributed by atoms with Crippen molar-refractivity contribution >= 4 is 5.91 Å². The minimum absolute atomic E-state index is 0.0128. The van der Waals surface area contributed by atoms with Gasteiger partial charge in [0.25, 0.3) is 0 Å². The van der Waals surface area contributed by atoms with Crippen LogP contribution in [0.3, 0.4) is 0 Å². The highest BCUT2D eigenvalue weighted by Gasteiger charge is 2.18. The zero-order chi connectivity index (χ0) is 15.0. The zero-order valence-electron chi connectivity index (χ0n) is 12.8. The molecule has 2 unspecified atom stereocenters. The number of carbonyl (C=O) groups is 1. The molecule has 1 amide bonds. The van der Waals surface area contributed by atoms with Crippen LogP contribution in [0.5, 0.6) is 0 Å². The Balaban J connectivity index is 2.38. The highest BCUT2D eigenvalue weighted by Crippen LogP contribution is 2.13. The van der Waals surface area contributed by atoms with Gasteiger partial charge in [0.15, 0.2) is 0 Å². The molecule has 0 bridgehead atoms. The van der Waals surface area contributed by atoms with Crippen molar-refractivity contribution in [2.24, 2.45) is 11.8 Å². The fourth-order valence-corrected chi connectivity index (χ4v) is 2.44. The molecule has 2 atom stereocenters. The van der Waals surface area contributed by atoms with Crippen molar-refractivity contribution < 1.29 is 9.90 Å². The third-order valence-electron chi connectivity index (χ3n) is 3.91. The number of nitrogens with one attached hydrogen (secondary N) is 1. The lowest BCUT2D eigenvalue weighted by Crippen LogP contribution is -2.38. The van der Waals surface area contributed by atoms with E-state index in [1.165, 1.54) is 0 Å². The summed E-state index contributed by atoms with van der Waals surface area (Å²) in [6.45, 7) is 6.41. The van der Waals surface area contributed by atoms with Gasteiger partial charge in [-0.25, -0.2) is 0 Å². The van der Waals surface area contributed by atoms with E-state index in [0.717, 1.165) is 24.8 Å². The number of aliphatic hydroxyl groups excluding tert-OH is 1. The SMILES string of the molecule is CCC(CC)C(O)CNC(=O)C(C)Cc1ccccc1. The third kappa shape index (κ3) is 5.33. The number of benzene rings is 1. The van der Waals surface area contributed by atoms with Gasteiger partial charge >= 0.3 is 0 Å². The normalized spacial score (nSPS) is 14.1. The van der Waals surface area contributed by atoms with Gasteiger partial charge in [-0.05, 0) is 17.9 Å². The van der Waals surface area contributed by atoms with Gasteiger partial charge in [0, 0.05) is 12.5 Å². The molecule has 0 aliphatic carbocycles. The van der Waals surface area contributed by atoms with E-state index in [1.807, 2.05) is 37.3 Å². The molecule has 0 aliphatic rings. The smallest absolute Gasteiger partial charge is 0.223 e. The Morgan fingerprint density at radius 2 is 1.80 bits per heavy atom. The molecule has 0 saturated carbocycles. The monoisotopic (exact) mass is 277 g/mol. The van der Waals surface area contributed by atoms with Crippen molar-refractivity contribution in [3.63, 3.8) is 0 Å². The van der Waals surface area contributed by atoms with Crippen LogP contribution >= 0.6 is 0 Å². The van der Waals surface area contributed by atoms with E-state index in [-0.39, 0.29) is 17.7 Å². The molecule has 0 saturated heterocycles. The lowest BCUT2D eigenvalue weighted by molar-refractivity contribution is -0.125. The molecular weight excluding hydrogens is 250 g/mol. The number of hydrogen-bond donors (Lipinski definition) is 2. The Bertz CT molecular complexity index is 387. The average molecular weight is 277 g/mol. The third-order valence-corrected chi connectivity index (χ3v) is 3.91. The van der Waals surface area contributed by atoms with Crippen LogP contribution in [-0.4, -0.2) is 23.7 Å². The highest BCUT2D eigenvalue weighted by molar-refractivity contribution is 5.78. The Morgan fingerprint density at radius 1 is 1.20 bits per heavy atom. The van der Waals surface area contributed by atoms with Gasteiger partial charge in [0.2, 0.25) is 5.91 Å². The first-order chi connectivity index (χ1) is 9.58. The minimum atomic E-state index is -0.446. The molecule has 0 spiro atoms. The lowest BCUT2D eigenvalue weighted by atomic mass is 9.96. The van der Waals surface area contributed by atoms with Crippen molar-refractivity contribution in [3.05, 3.63) is 35.9 Å². The van der Waals surface area contributed by atoms with E-state index in [2.05, 4.69) is 19.2 Å². The van der Waals surface area contributed by atoms with E-state index >= 15 is 0 Å². The molecule has 20 heavy (non-hydrogen) atoms. The molecule has 2 N–H and O–H groups in total. The Kier molecular flexibility index (Phi) is 7.31. The number of carbonyl (C=O) groups excluding carboxylic acids is 1. The van der Waals surface area contributed by atoms with Crippen LogP contribution in [0.1, 0.15) is 39.2 Å². The summed E-state index contributed by atoms with van der Waals surface area (Å²) in [5.74, 6) is 0.199. The van der Waals surface area contributed by atoms with Gasteiger partial charge in [-0.15, -0.1) is 0 Å². The maximum absolute atomic E-state index is 12.0. The molecule has 0 heterocycles. The Labute approximate surface area is 122 Å². The second kappa shape index (κ2) is 8.75. The molecule has 1 rings (SSSR count). The molecule has 0 aliphatic heterocycles. The van der Waals surface area contributed by atoms with Gasteiger partial charge in [-0.3, -0.25) is 4.79 Å². The Hall–Kier alpha value is -1.35. The molecule has 0 radical (unpaired) electrons. The molecule has 3 nitrogen and oxygen atoms in total. The van der Waals surface area contributed by atoms with Crippen molar-refractivity contribution in [1.82, 2.24) is 5.32 Å². The second-order valence-electron chi connectivity index (χ2n) is 5.48. The first-order valence-corrected chi connectivity index (χ1v) is 7.58. The number of rotatable bonds is 8. The van der Waals surface area contributed by atoms with Crippen LogP contribution in [0.25, 0.3) is 0 Å². The summed E-state index contributed by atoms with van der Waals surface area (Å²) in [5.41, 5.74) is 1.16. The predicted molar refractivity (Wildman–Crippen MR) is 82.4 cm³/mol. The summed E-state index contributed by atoms with van der Waals surface area (Å²) in [7, 11) is 0. The molecule has 1 aromatic rings. The molecule has 0 aromatic heterocycles. The Morgan fingerprint density at radius 3 is 2.35 bits per heavy atom. The van der Waals surface area contributed by atoms with Crippen LogP contribution in [0.4, 0.5) is 0 Å². The topological polar surface area (TPSA) is 49.3 Å². The summed E-state index contributed by atoms with van der Waals surface area (Å²) in [4.78, 5) is 12.0. The molecule has 0 fully saturated rings. The summed E-state index contributed by atoms with van der Waals surface area (Å²) in [5, 5.41) is 12.9. The standard InChI is InChI=1S/C17H27NO2/c1-4-15(5-2)16(19)12-18-17(20)13(3)11-14-9-7-6-8-10-14/h6-10,13,15-16,19H,4-5,11-12H2,1-3H3,(H,18,20). The summed E-state index contributed by atoms with van der Waals surface area (Å²) in [6, 6.07) is 10.00. The molecule has 3 heteroatoms. The average Bonchev–Trinajstić information content (AvgIpc) is 2.47. The molecular formula is C17H27NO2. The van der Waals surface area contributed by atoms with E-state index in [0.29, 0.717) is 6.54 Å². The summed E-state index contributed by atoms with van der Waals surface area (Å²) in [6.07, 6.45) is 2.16. The van der Waals surface area contributed by atoms with Gasteiger partial charge < -0.3 is 10.4 Å². The molecule has 112 valence electrons. The quantitative estimate of drug-likeness (QED) is 0.767. The maximum atomic E-state index is 12.0. The summed E-state index contributed by atoms with van der Waals surface area (Å²) < 4.78 is 0. The van der Waals surface area contributed by atoms with Gasteiger partial charge in [-0.2, -0.15) is 0 Å². The second-order valence-corrected chi connectivity index (χ2v) is 5.48. The first kappa shape index (κ1) is 16.7. The fraction of sp³-hybridized carbons (Fsp3) is 0.588. The van der Waals surface area contributed by atoms with Gasteiger partial charge in [0.05, 0.1) is 6.10 Å². The van der Waals surface area contributed by atoms with E-state index in [9.17, 15) is 9.90 Å². The van der Waals surface area contributed by atoms with E-state index < -0.39 is 6.10 Å². The lowest BCUT2D eigenvalue weighted by Gasteiger charge is -2.21. The first-order valence-electron chi connectivity index (χ1n) is 7.58. The van der Waals surface area contributed by atoms with Crippen LogP contribution < -0.4 is 5.32 Å². The van der Waals surface area contributed by atoms with Crippen molar-refractivity contribution in [2.75, 3.05) is 6.54 Å². The van der Waals surface area contributed by atoms with Crippen LogP contribution in [0, 0.1) is 11.8 Å². The number of amides is 1. The van der Waals surface area contributed by atoms with Crippen LogP contribution in [-0.2, 0) is 11.2 Å². The van der Waals surface area contributed by atoms with Gasteiger partial charge in [0.1, 0.15) is 0 Å². The molecule has 1 aromatic carbocycles. The zero-order valence-corrected chi connectivity index (χ0v) is 12.8. The van der Waals surface area contributed by atoms with E-state index in [1.54, 1.807) is 0 Å². The largest absolute Gasteiger partial charge is 0.391 e. The summed E-state index contributed by atoms with van der Waals surface area (Å²) >= 11 is 0. The van der Waals surface area contributed by atoms with Crippen molar-refractivity contribution in [1.29, 1.82) is 0 Å². The van der Waals surface area contributed by atoms with Crippen LogP contribution in [0.15, 0.2) is 30.3 Å². The van der Waals surface area contributed by atoms with Crippen LogP contribution in [0.2, 0.25) is 0 Å². The number of aliphatic hydroxyl groups is 1. The van der Waals surface area contributed by atoms with Gasteiger partial charge in [-0.1, -0.05) is 63.9 Å². The highest BCUT2D eigenvalue weighted by atomic mass is 16.3. The maximum Gasteiger partial charge on any atom is 0.223 e.